The molecule has 1 aromatic heterocycles. The molecule has 2 saturated heterocycles. The topological polar surface area (TPSA) is 37.4 Å². The van der Waals surface area contributed by atoms with Crippen molar-refractivity contribution in [2.75, 3.05) is 38.2 Å². The Morgan fingerprint density at radius 3 is 2.85 bits per heavy atom. The van der Waals surface area contributed by atoms with Gasteiger partial charge in [-0.05, 0) is 37.3 Å². The number of nitrogens with zero attached hydrogens (tertiary/aromatic N) is 2. The first kappa shape index (κ1) is 13.8. The molecule has 1 aromatic rings. The second-order valence-corrected chi connectivity index (χ2v) is 5.79. The molecule has 0 aliphatic carbocycles. The van der Waals surface area contributed by atoms with E-state index in [1.54, 1.807) is 6.07 Å². The van der Waals surface area contributed by atoms with Gasteiger partial charge < -0.3 is 15.0 Å². The third kappa shape index (κ3) is 3.67. The molecule has 2 aliphatic rings. The molecule has 4 nitrogen and oxygen atoms in total. The van der Waals surface area contributed by atoms with Crippen molar-refractivity contribution in [2.45, 2.75) is 25.3 Å². The van der Waals surface area contributed by atoms with E-state index in [4.69, 9.17) is 4.74 Å². The number of ether oxygens (including phenoxy) is 1. The Balaban J connectivity index is 1.43. The monoisotopic (exact) mass is 279 g/mol. The SMILES string of the molecule is Fc1cccc(NC2CCN(CC3CCOC3)CC2)n1. The third-order valence-corrected chi connectivity index (χ3v) is 4.20. The van der Waals surface area contributed by atoms with Crippen molar-refractivity contribution in [3.63, 3.8) is 0 Å². The summed E-state index contributed by atoms with van der Waals surface area (Å²) in [5.41, 5.74) is 0. The van der Waals surface area contributed by atoms with Gasteiger partial charge in [0, 0.05) is 32.3 Å². The Labute approximate surface area is 119 Å². The fraction of sp³-hybridized carbons (Fsp3) is 0.667. The first-order valence-corrected chi connectivity index (χ1v) is 7.49. The lowest BCUT2D eigenvalue weighted by Crippen LogP contribution is -2.41. The van der Waals surface area contributed by atoms with E-state index in [2.05, 4.69) is 15.2 Å². The van der Waals surface area contributed by atoms with Crippen LogP contribution in [0.1, 0.15) is 19.3 Å². The van der Waals surface area contributed by atoms with E-state index in [1.807, 2.05) is 6.07 Å². The Hall–Kier alpha value is -1.20. The first-order valence-electron chi connectivity index (χ1n) is 7.49. The van der Waals surface area contributed by atoms with Crippen LogP contribution in [0.25, 0.3) is 0 Å². The highest BCUT2D eigenvalue weighted by atomic mass is 19.1. The van der Waals surface area contributed by atoms with Gasteiger partial charge >= 0.3 is 0 Å². The number of pyridine rings is 1. The number of aromatic nitrogens is 1. The van der Waals surface area contributed by atoms with Gasteiger partial charge in [0.2, 0.25) is 5.95 Å². The summed E-state index contributed by atoms with van der Waals surface area (Å²) in [5.74, 6) is 0.936. The minimum absolute atomic E-state index is 0.403. The maximum atomic E-state index is 13.0. The molecule has 3 heterocycles. The summed E-state index contributed by atoms with van der Waals surface area (Å²) in [6.45, 7) is 5.21. The Morgan fingerprint density at radius 1 is 1.30 bits per heavy atom. The molecule has 2 aliphatic heterocycles. The number of rotatable bonds is 4. The van der Waals surface area contributed by atoms with Crippen molar-refractivity contribution in [1.29, 1.82) is 0 Å². The molecular formula is C15H22FN3O. The molecule has 20 heavy (non-hydrogen) atoms. The molecule has 110 valence electrons. The number of nitrogens with one attached hydrogen (secondary N) is 1. The first-order chi connectivity index (χ1) is 9.79. The summed E-state index contributed by atoms with van der Waals surface area (Å²) in [4.78, 5) is 6.39. The fourth-order valence-electron chi connectivity index (χ4n) is 3.05. The molecule has 1 atom stereocenters. The van der Waals surface area contributed by atoms with Gasteiger partial charge in [-0.3, -0.25) is 0 Å². The standard InChI is InChI=1S/C15H22FN3O/c16-14-2-1-3-15(18-14)17-13-4-7-19(8-5-13)10-12-6-9-20-11-12/h1-3,12-13H,4-11H2,(H,17,18). The molecule has 0 amide bonds. The van der Waals surface area contributed by atoms with E-state index in [0.717, 1.165) is 45.7 Å². The van der Waals surface area contributed by atoms with E-state index in [9.17, 15) is 4.39 Å². The predicted molar refractivity (Wildman–Crippen MR) is 76.2 cm³/mol. The summed E-state index contributed by atoms with van der Waals surface area (Å²) >= 11 is 0. The van der Waals surface area contributed by atoms with Crippen molar-refractivity contribution < 1.29 is 9.13 Å². The Bertz CT molecular complexity index is 429. The van der Waals surface area contributed by atoms with Gasteiger partial charge in [0.1, 0.15) is 5.82 Å². The van der Waals surface area contributed by atoms with E-state index >= 15 is 0 Å². The van der Waals surface area contributed by atoms with E-state index < -0.39 is 5.95 Å². The lowest BCUT2D eigenvalue weighted by Gasteiger charge is -2.33. The lowest BCUT2D eigenvalue weighted by molar-refractivity contribution is 0.154. The minimum Gasteiger partial charge on any atom is -0.381 e. The molecule has 3 rings (SSSR count). The highest BCUT2D eigenvalue weighted by Gasteiger charge is 2.23. The molecule has 0 spiro atoms. The molecule has 5 heteroatoms. The zero-order chi connectivity index (χ0) is 13.8. The number of anilines is 1. The van der Waals surface area contributed by atoms with Gasteiger partial charge in [-0.25, -0.2) is 4.98 Å². The van der Waals surface area contributed by atoms with Crippen molar-refractivity contribution in [3.8, 4) is 0 Å². The predicted octanol–water partition coefficient (Wildman–Crippen LogP) is 2.13. The van der Waals surface area contributed by atoms with Crippen molar-refractivity contribution in [2.24, 2.45) is 5.92 Å². The highest BCUT2D eigenvalue weighted by molar-refractivity contribution is 5.34. The van der Waals surface area contributed by atoms with Crippen LogP contribution in [0.15, 0.2) is 18.2 Å². The van der Waals surface area contributed by atoms with Crippen LogP contribution < -0.4 is 5.32 Å². The number of halogens is 1. The summed E-state index contributed by atoms with van der Waals surface area (Å²) in [7, 11) is 0. The van der Waals surface area contributed by atoms with Crippen LogP contribution in [0, 0.1) is 11.9 Å². The van der Waals surface area contributed by atoms with Crippen LogP contribution in [0.5, 0.6) is 0 Å². The molecule has 2 fully saturated rings. The largest absolute Gasteiger partial charge is 0.381 e. The molecule has 0 aromatic carbocycles. The summed E-state index contributed by atoms with van der Waals surface area (Å²) in [6, 6.07) is 5.29. The molecule has 1 unspecified atom stereocenters. The van der Waals surface area contributed by atoms with Crippen molar-refractivity contribution >= 4 is 5.82 Å². The minimum atomic E-state index is -0.423. The van der Waals surface area contributed by atoms with Crippen molar-refractivity contribution in [3.05, 3.63) is 24.1 Å². The maximum absolute atomic E-state index is 13.0. The Morgan fingerprint density at radius 2 is 2.15 bits per heavy atom. The average Bonchev–Trinajstić information content (AvgIpc) is 2.94. The van der Waals surface area contributed by atoms with Gasteiger partial charge in [0.25, 0.3) is 0 Å². The number of piperidine rings is 1. The smallest absolute Gasteiger partial charge is 0.214 e. The van der Waals surface area contributed by atoms with Crippen LogP contribution in [0.2, 0.25) is 0 Å². The van der Waals surface area contributed by atoms with Crippen molar-refractivity contribution in [1.82, 2.24) is 9.88 Å². The number of likely N-dealkylation sites (tertiary alicyclic amines) is 1. The quantitative estimate of drug-likeness (QED) is 0.857. The van der Waals surface area contributed by atoms with Gasteiger partial charge in [-0.1, -0.05) is 6.07 Å². The van der Waals surface area contributed by atoms with Gasteiger partial charge in [0.15, 0.2) is 0 Å². The summed E-state index contributed by atoms with van der Waals surface area (Å²) < 4.78 is 18.5. The second kappa shape index (κ2) is 6.50. The van der Waals surface area contributed by atoms with E-state index in [1.165, 1.54) is 12.5 Å². The molecular weight excluding hydrogens is 257 g/mol. The fourth-order valence-corrected chi connectivity index (χ4v) is 3.05. The van der Waals surface area contributed by atoms with Gasteiger partial charge in [-0.2, -0.15) is 4.39 Å². The molecule has 0 radical (unpaired) electrons. The third-order valence-electron chi connectivity index (χ3n) is 4.20. The zero-order valence-corrected chi connectivity index (χ0v) is 11.7. The second-order valence-electron chi connectivity index (χ2n) is 5.79. The highest BCUT2D eigenvalue weighted by Crippen LogP contribution is 2.19. The lowest BCUT2D eigenvalue weighted by atomic mass is 10.0. The van der Waals surface area contributed by atoms with Gasteiger partial charge in [0.05, 0.1) is 6.61 Å². The van der Waals surface area contributed by atoms with E-state index in [0.29, 0.717) is 17.8 Å². The number of hydrogen-bond acceptors (Lipinski definition) is 4. The van der Waals surface area contributed by atoms with Crippen LogP contribution in [0.3, 0.4) is 0 Å². The zero-order valence-electron chi connectivity index (χ0n) is 11.7. The van der Waals surface area contributed by atoms with Crippen LogP contribution in [-0.2, 0) is 4.74 Å². The summed E-state index contributed by atoms with van der Waals surface area (Å²) in [5, 5.41) is 3.33. The molecule has 0 saturated carbocycles. The average molecular weight is 279 g/mol. The van der Waals surface area contributed by atoms with E-state index in [-0.39, 0.29) is 0 Å². The molecule has 1 N–H and O–H groups in total. The molecule has 0 bridgehead atoms. The van der Waals surface area contributed by atoms with Gasteiger partial charge in [-0.15, -0.1) is 0 Å². The Kier molecular flexibility index (Phi) is 4.47. The van der Waals surface area contributed by atoms with Crippen LogP contribution in [-0.4, -0.2) is 48.8 Å². The van der Waals surface area contributed by atoms with Crippen LogP contribution >= 0.6 is 0 Å². The maximum Gasteiger partial charge on any atom is 0.214 e. The van der Waals surface area contributed by atoms with Crippen LogP contribution in [0.4, 0.5) is 10.2 Å². The normalized spacial score (nSPS) is 24.9. The number of hydrogen-bond donors (Lipinski definition) is 1. The summed E-state index contributed by atoms with van der Waals surface area (Å²) in [6.07, 6.45) is 3.38.